The lowest BCUT2D eigenvalue weighted by Crippen LogP contribution is -2.31. The molecule has 0 bridgehead atoms. The zero-order valence-corrected chi connectivity index (χ0v) is 19.1. The van der Waals surface area contributed by atoms with E-state index in [2.05, 4.69) is 35.8 Å². The maximum atomic E-state index is 12.6. The van der Waals surface area contributed by atoms with Crippen LogP contribution in [-0.4, -0.2) is 39.5 Å². The molecule has 0 atom stereocenters. The molecule has 4 rings (SSSR count). The average Bonchev–Trinajstić information content (AvgIpc) is 3.14. The van der Waals surface area contributed by atoms with Crippen LogP contribution in [0.5, 0.6) is 0 Å². The van der Waals surface area contributed by atoms with E-state index in [1.54, 1.807) is 30.5 Å². The van der Waals surface area contributed by atoms with Crippen LogP contribution in [0.15, 0.2) is 36.5 Å². The molecule has 0 saturated heterocycles. The van der Waals surface area contributed by atoms with Crippen LogP contribution in [0.1, 0.15) is 34.8 Å². The molecule has 0 radical (unpaired) electrons. The number of anilines is 3. The molecule has 0 spiro atoms. The van der Waals surface area contributed by atoms with Crippen LogP contribution in [0.3, 0.4) is 0 Å². The highest BCUT2D eigenvalue weighted by atomic mass is 35.5. The van der Waals surface area contributed by atoms with Gasteiger partial charge in [0.15, 0.2) is 5.13 Å². The number of carbonyl (C=O) groups excluding carboxylic acids is 2. The van der Waals surface area contributed by atoms with E-state index in [4.69, 9.17) is 11.6 Å². The fourth-order valence-corrected chi connectivity index (χ4v) is 4.49. The van der Waals surface area contributed by atoms with Gasteiger partial charge in [-0.25, -0.2) is 19.7 Å². The number of hydrogen-bond acceptors (Lipinski definition) is 7. The fourth-order valence-electron chi connectivity index (χ4n) is 3.33. The second kappa shape index (κ2) is 9.49. The van der Waals surface area contributed by atoms with Crippen molar-refractivity contribution in [2.45, 2.75) is 32.9 Å². The first-order valence-corrected chi connectivity index (χ1v) is 11.3. The van der Waals surface area contributed by atoms with Crippen molar-refractivity contribution in [1.82, 2.24) is 20.3 Å². The third-order valence-corrected chi connectivity index (χ3v) is 5.91. The van der Waals surface area contributed by atoms with Crippen LogP contribution in [-0.2, 0) is 13.0 Å². The maximum absolute atomic E-state index is 12.6. The predicted octanol–water partition coefficient (Wildman–Crippen LogP) is 3.93. The van der Waals surface area contributed by atoms with Gasteiger partial charge in [0.25, 0.3) is 5.91 Å². The molecule has 0 aliphatic carbocycles. The lowest BCUT2D eigenvalue weighted by molar-refractivity contribution is 0.0944. The molecule has 3 heterocycles. The van der Waals surface area contributed by atoms with Crippen LogP contribution in [0.25, 0.3) is 0 Å². The van der Waals surface area contributed by atoms with Crippen molar-refractivity contribution in [2.24, 2.45) is 0 Å². The van der Waals surface area contributed by atoms with Gasteiger partial charge in [0.05, 0.1) is 23.5 Å². The number of nitrogens with zero attached hydrogens (tertiary/aromatic N) is 4. The first kappa shape index (κ1) is 22.0. The van der Waals surface area contributed by atoms with Gasteiger partial charge in [-0.15, -0.1) is 0 Å². The van der Waals surface area contributed by atoms with Gasteiger partial charge in [0.2, 0.25) is 5.28 Å². The van der Waals surface area contributed by atoms with E-state index in [1.807, 2.05) is 19.9 Å². The number of amides is 3. The van der Waals surface area contributed by atoms with Crippen molar-refractivity contribution in [1.29, 1.82) is 0 Å². The summed E-state index contributed by atoms with van der Waals surface area (Å²) in [5.74, 6) is 0.512. The molecule has 0 saturated carbocycles. The van der Waals surface area contributed by atoms with Gasteiger partial charge in [-0.05, 0) is 43.6 Å². The molecule has 2 aromatic heterocycles. The molecule has 3 aromatic rings. The molecule has 3 N–H and O–H groups in total. The number of carbonyl (C=O) groups is 2. The Hall–Kier alpha value is -3.24. The molecule has 1 aliphatic rings. The second-order valence-corrected chi connectivity index (χ2v) is 8.92. The van der Waals surface area contributed by atoms with Gasteiger partial charge >= 0.3 is 6.03 Å². The van der Waals surface area contributed by atoms with Crippen LogP contribution >= 0.6 is 22.9 Å². The largest absolute Gasteiger partial charge is 0.351 e. The van der Waals surface area contributed by atoms with Crippen molar-refractivity contribution in [3.05, 3.63) is 57.9 Å². The van der Waals surface area contributed by atoms with Crippen LogP contribution in [0.2, 0.25) is 5.28 Å². The molecule has 32 heavy (non-hydrogen) atoms. The molecule has 0 unspecified atom stereocenters. The summed E-state index contributed by atoms with van der Waals surface area (Å²) in [5, 5.41) is 9.07. The van der Waals surface area contributed by atoms with Gasteiger partial charge in [0, 0.05) is 30.1 Å². The average molecular weight is 472 g/mol. The summed E-state index contributed by atoms with van der Waals surface area (Å²) in [6.07, 6.45) is 2.36. The Morgan fingerprint density at radius 2 is 1.97 bits per heavy atom. The highest BCUT2D eigenvalue weighted by Gasteiger charge is 2.23. The van der Waals surface area contributed by atoms with Crippen LogP contribution < -0.4 is 20.9 Å². The van der Waals surface area contributed by atoms with Crippen LogP contribution in [0, 0.1) is 0 Å². The van der Waals surface area contributed by atoms with E-state index in [0.717, 1.165) is 29.4 Å². The van der Waals surface area contributed by atoms with Crippen molar-refractivity contribution >= 4 is 51.5 Å². The molecule has 3 amide bonds. The minimum Gasteiger partial charge on any atom is -0.351 e. The third kappa shape index (κ3) is 5.14. The summed E-state index contributed by atoms with van der Waals surface area (Å²) >= 11 is 7.32. The molecule has 166 valence electrons. The normalized spacial score (nSPS) is 12.9. The van der Waals surface area contributed by atoms with Crippen molar-refractivity contribution in [3.8, 4) is 0 Å². The smallest absolute Gasteiger partial charge is 0.325 e. The highest BCUT2D eigenvalue weighted by molar-refractivity contribution is 7.15. The summed E-state index contributed by atoms with van der Waals surface area (Å²) in [6, 6.07) is 8.22. The number of urea groups is 1. The molecule has 11 heteroatoms. The fraction of sp³-hybridized carbons (Fsp3) is 0.286. The van der Waals surface area contributed by atoms with Crippen LogP contribution in [0.4, 0.5) is 21.4 Å². The second-order valence-electron chi connectivity index (χ2n) is 7.50. The van der Waals surface area contributed by atoms with E-state index in [-0.39, 0.29) is 17.2 Å². The summed E-state index contributed by atoms with van der Waals surface area (Å²) in [6.45, 7) is 5.13. The molecular formula is C21H22ClN7O2S. The Labute approximate surface area is 194 Å². The van der Waals surface area contributed by atoms with E-state index in [1.165, 1.54) is 11.3 Å². The SMILES string of the molecule is CC(C)NC(=O)c1ccccc1NC(=O)Nc1nc2c(s1)CN(c1ccnc(Cl)n1)CC2. The molecule has 0 fully saturated rings. The number of aromatic nitrogens is 3. The summed E-state index contributed by atoms with van der Waals surface area (Å²) < 4.78 is 0. The lowest BCUT2D eigenvalue weighted by Gasteiger charge is -2.26. The quantitative estimate of drug-likeness (QED) is 0.486. The Kier molecular flexibility index (Phi) is 6.52. The Bertz CT molecular complexity index is 1150. The Morgan fingerprint density at radius 1 is 1.16 bits per heavy atom. The van der Waals surface area contributed by atoms with Gasteiger partial charge in [-0.1, -0.05) is 23.5 Å². The zero-order chi connectivity index (χ0) is 22.7. The van der Waals surface area contributed by atoms with Gasteiger partial charge in [0.1, 0.15) is 5.82 Å². The van der Waals surface area contributed by atoms with Crippen molar-refractivity contribution in [2.75, 3.05) is 22.1 Å². The van der Waals surface area contributed by atoms with Gasteiger partial charge in [-0.3, -0.25) is 10.1 Å². The highest BCUT2D eigenvalue weighted by Crippen LogP contribution is 2.30. The monoisotopic (exact) mass is 471 g/mol. The summed E-state index contributed by atoms with van der Waals surface area (Å²) in [4.78, 5) is 40.9. The summed E-state index contributed by atoms with van der Waals surface area (Å²) in [7, 11) is 0. The number of nitrogens with one attached hydrogen (secondary N) is 3. The first-order chi connectivity index (χ1) is 15.4. The predicted molar refractivity (Wildman–Crippen MR) is 126 cm³/mol. The summed E-state index contributed by atoms with van der Waals surface area (Å²) in [5.41, 5.74) is 1.78. The van der Waals surface area contributed by atoms with Crippen molar-refractivity contribution < 1.29 is 9.59 Å². The minimum atomic E-state index is -0.458. The molecule has 1 aliphatic heterocycles. The zero-order valence-electron chi connectivity index (χ0n) is 17.6. The Balaban J connectivity index is 1.42. The molecular weight excluding hydrogens is 450 g/mol. The minimum absolute atomic E-state index is 0.0102. The lowest BCUT2D eigenvalue weighted by atomic mass is 10.1. The number of fused-ring (bicyclic) bond motifs is 1. The number of halogens is 1. The number of rotatable bonds is 5. The van der Waals surface area contributed by atoms with E-state index < -0.39 is 6.03 Å². The third-order valence-electron chi connectivity index (χ3n) is 4.73. The first-order valence-electron chi connectivity index (χ1n) is 10.1. The maximum Gasteiger partial charge on any atom is 0.325 e. The van der Waals surface area contributed by atoms with Gasteiger partial charge < -0.3 is 15.5 Å². The molecule has 9 nitrogen and oxygen atoms in total. The number of thiazole rings is 1. The number of para-hydroxylation sites is 1. The number of hydrogen-bond donors (Lipinski definition) is 3. The van der Waals surface area contributed by atoms with Crippen molar-refractivity contribution in [3.63, 3.8) is 0 Å². The standard InChI is InChI=1S/C21H22ClN7O2S/c1-12(2)24-18(30)13-5-3-4-6-14(13)25-20(31)28-21-26-15-8-10-29(11-16(15)32-21)17-7-9-23-19(22)27-17/h3-7,9,12H,8,10-11H2,1-2H3,(H,24,30)(H2,25,26,28,31). The van der Waals surface area contributed by atoms with E-state index in [9.17, 15) is 9.59 Å². The number of benzene rings is 1. The van der Waals surface area contributed by atoms with E-state index >= 15 is 0 Å². The van der Waals surface area contributed by atoms with Gasteiger partial charge in [-0.2, -0.15) is 0 Å². The topological polar surface area (TPSA) is 112 Å². The Morgan fingerprint density at radius 3 is 2.75 bits per heavy atom. The van der Waals surface area contributed by atoms with E-state index in [0.29, 0.717) is 22.9 Å². The molecule has 1 aromatic carbocycles.